The molecular weight excluding hydrogens is 442 g/mol. The fraction of sp³-hybridized carbons (Fsp3) is 0.318. The van der Waals surface area contributed by atoms with Gasteiger partial charge in [-0.05, 0) is 55.1 Å². The van der Waals surface area contributed by atoms with Crippen LogP contribution in [0.1, 0.15) is 19.5 Å². The van der Waals surface area contributed by atoms with Crippen molar-refractivity contribution in [2.45, 2.75) is 20.8 Å². The van der Waals surface area contributed by atoms with Gasteiger partial charge in [0.05, 0.1) is 0 Å². The molecule has 2 aromatic carbocycles. The number of nitrogens with two attached hydrogens (primary N) is 1. The van der Waals surface area contributed by atoms with E-state index in [9.17, 15) is 0 Å². The van der Waals surface area contributed by atoms with Crippen LogP contribution in [0, 0.1) is 6.92 Å². The van der Waals surface area contributed by atoms with Crippen LogP contribution in [0.2, 0.25) is 0 Å². The number of aryl methyl sites for hydroxylation is 1. The lowest BCUT2D eigenvalue weighted by Gasteiger charge is -2.18. The molecule has 0 saturated heterocycles. The minimum atomic E-state index is 0.242. The zero-order chi connectivity index (χ0) is 21.5. The maximum Gasteiger partial charge on any atom is 0.254 e. The van der Waals surface area contributed by atoms with Gasteiger partial charge in [-0.3, -0.25) is 0 Å². The standard InChI is InChI=1S/C22H28BrN7/c1-4-30(5-2)11-10-25-20-12-15(3)26-22(28-20)29-21(24)27-19-9-7-16-13-18(23)8-6-17(16)14-19/h6-9,12-14H,4-5,10-11H2,1-3H3,(H4,24,25,26,27,28,29). The number of fused-ring (bicyclic) bond motifs is 1. The van der Waals surface area contributed by atoms with E-state index in [1.807, 2.05) is 37.3 Å². The van der Waals surface area contributed by atoms with Crippen LogP contribution in [-0.4, -0.2) is 47.0 Å². The van der Waals surface area contributed by atoms with E-state index in [-0.39, 0.29) is 5.96 Å². The first kappa shape index (κ1) is 22.0. The number of anilines is 2. The third-order valence-corrected chi connectivity index (χ3v) is 5.26. The van der Waals surface area contributed by atoms with E-state index in [2.05, 4.69) is 72.4 Å². The molecule has 7 nitrogen and oxygen atoms in total. The normalized spacial score (nSPS) is 11.8. The van der Waals surface area contributed by atoms with Gasteiger partial charge in [-0.1, -0.05) is 41.9 Å². The minimum Gasteiger partial charge on any atom is -0.369 e. The highest BCUT2D eigenvalue weighted by atomic mass is 79.9. The molecule has 0 aliphatic heterocycles. The number of nitrogens with zero attached hydrogens (tertiary/aromatic N) is 4. The van der Waals surface area contributed by atoms with E-state index in [0.717, 1.165) is 58.6 Å². The van der Waals surface area contributed by atoms with Gasteiger partial charge in [0.2, 0.25) is 5.96 Å². The van der Waals surface area contributed by atoms with Gasteiger partial charge in [0.1, 0.15) is 5.82 Å². The molecule has 30 heavy (non-hydrogen) atoms. The lowest BCUT2D eigenvalue weighted by atomic mass is 10.1. The predicted octanol–water partition coefficient (Wildman–Crippen LogP) is 4.51. The number of rotatable bonds is 8. The summed E-state index contributed by atoms with van der Waals surface area (Å²) in [5, 5.41) is 8.72. The van der Waals surface area contributed by atoms with Gasteiger partial charge in [-0.2, -0.15) is 9.98 Å². The van der Waals surface area contributed by atoms with Crippen LogP contribution >= 0.6 is 15.9 Å². The van der Waals surface area contributed by atoms with Crippen molar-refractivity contribution in [2.24, 2.45) is 10.7 Å². The van der Waals surface area contributed by atoms with Crippen molar-refractivity contribution >= 4 is 50.1 Å². The second-order valence-electron chi connectivity index (χ2n) is 6.98. The molecule has 0 unspecified atom stereocenters. The van der Waals surface area contributed by atoms with Crippen molar-refractivity contribution in [3.8, 4) is 0 Å². The first-order chi connectivity index (χ1) is 14.5. The van der Waals surface area contributed by atoms with Gasteiger partial charge < -0.3 is 21.3 Å². The monoisotopic (exact) mass is 469 g/mol. The summed E-state index contributed by atoms with van der Waals surface area (Å²) in [4.78, 5) is 15.5. The van der Waals surface area contributed by atoms with Crippen LogP contribution in [0.25, 0.3) is 10.8 Å². The molecule has 0 fully saturated rings. The van der Waals surface area contributed by atoms with Crippen molar-refractivity contribution in [1.82, 2.24) is 14.9 Å². The number of hydrogen-bond acceptors (Lipinski definition) is 5. The summed E-state index contributed by atoms with van der Waals surface area (Å²) in [5.74, 6) is 1.32. The number of likely N-dealkylation sites (N-methyl/N-ethyl adjacent to an activating group) is 1. The number of aliphatic imine (C=N–C) groups is 1. The summed E-state index contributed by atoms with van der Waals surface area (Å²) in [7, 11) is 0. The Balaban J connectivity index is 1.69. The van der Waals surface area contributed by atoms with Crippen LogP contribution in [0.15, 0.2) is 51.9 Å². The Labute approximate surface area is 185 Å². The molecule has 0 spiro atoms. The molecule has 0 aliphatic rings. The third kappa shape index (κ3) is 6.14. The highest BCUT2D eigenvalue weighted by Gasteiger charge is 2.05. The summed E-state index contributed by atoms with van der Waals surface area (Å²) < 4.78 is 1.05. The van der Waals surface area contributed by atoms with Gasteiger partial charge >= 0.3 is 0 Å². The number of halogens is 1. The summed E-state index contributed by atoms with van der Waals surface area (Å²) in [6.07, 6.45) is 0. The second-order valence-corrected chi connectivity index (χ2v) is 7.89. The maximum absolute atomic E-state index is 6.11. The van der Waals surface area contributed by atoms with Crippen LogP contribution in [0.4, 0.5) is 17.5 Å². The molecule has 3 aromatic rings. The Morgan fingerprint density at radius 1 is 1.07 bits per heavy atom. The number of benzene rings is 2. The molecule has 8 heteroatoms. The molecule has 3 rings (SSSR count). The van der Waals surface area contributed by atoms with Gasteiger partial charge in [-0.15, -0.1) is 0 Å². The summed E-state index contributed by atoms with van der Waals surface area (Å²) in [5.41, 5.74) is 7.80. The lowest BCUT2D eigenvalue weighted by Crippen LogP contribution is -2.28. The molecule has 4 N–H and O–H groups in total. The Kier molecular flexibility index (Phi) is 7.59. The van der Waals surface area contributed by atoms with Crippen LogP contribution in [0.5, 0.6) is 0 Å². The highest BCUT2D eigenvalue weighted by molar-refractivity contribution is 9.10. The zero-order valence-electron chi connectivity index (χ0n) is 17.6. The molecule has 0 radical (unpaired) electrons. The Morgan fingerprint density at radius 2 is 1.80 bits per heavy atom. The Bertz CT molecular complexity index is 1030. The number of guanidine groups is 1. The average Bonchev–Trinajstić information content (AvgIpc) is 2.71. The second kappa shape index (κ2) is 10.4. The third-order valence-electron chi connectivity index (χ3n) is 4.77. The van der Waals surface area contributed by atoms with Gasteiger partial charge in [-0.25, -0.2) is 4.98 Å². The number of hydrogen-bond donors (Lipinski definition) is 3. The molecule has 1 heterocycles. The molecule has 1 aromatic heterocycles. The summed E-state index contributed by atoms with van der Waals surface area (Å²) in [6.45, 7) is 10.1. The van der Waals surface area contributed by atoms with Gasteiger partial charge in [0.15, 0.2) is 0 Å². The van der Waals surface area contributed by atoms with E-state index in [1.165, 1.54) is 0 Å². The van der Waals surface area contributed by atoms with Crippen molar-refractivity contribution in [2.75, 3.05) is 36.8 Å². The molecule has 0 aliphatic carbocycles. The summed E-state index contributed by atoms with van der Waals surface area (Å²) in [6, 6.07) is 14.1. The first-order valence-electron chi connectivity index (χ1n) is 10.1. The van der Waals surface area contributed by atoms with Crippen LogP contribution < -0.4 is 16.4 Å². The largest absolute Gasteiger partial charge is 0.369 e. The number of aromatic nitrogens is 2. The lowest BCUT2D eigenvalue weighted by molar-refractivity contribution is 0.316. The average molecular weight is 470 g/mol. The van der Waals surface area contributed by atoms with E-state index < -0.39 is 0 Å². The van der Waals surface area contributed by atoms with E-state index in [0.29, 0.717) is 5.95 Å². The molecule has 0 saturated carbocycles. The van der Waals surface area contributed by atoms with Crippen molar-refractivity contribution in [1.29, 1.82) is 0 Å². The topological polar surface area (TPSA) is 91.5 Å². The van der Waals surface area contributed by atoms with Gasteiger partial charge in [0.25, 0.3) is 5.95 Å². The number of nitrogens with one attached hydrogen (secondary N) is 2. The highest BCUT2D eigenvalue weighted by Crippen LogP contribution is 2.23. The van der Waals surface area contributed by atoms with E-state index in [4.69, 9.17) is 5.73 Å². The smallest absolute Gasteiger partial charge is 0.254 e. The Hall–Kier alpha value is -2.71. The van der Waals surface area contributed by atoms with E-state index in [1.54, 1.807) is 0 Å². The molecular formula is C22H28BrN7. The quantitative estimate of drug-likeness (QED) is 0.332. The van der Waals surface area contributed by atoms with Crippen molar-refractivity contribution in [3.63, 3.8) is 0 Å². The Morgan fingerprint density at radius 3 is 2.57 bits per heavy atom. The fourth-order valence-corrected chi connectivity index (χ4v) is 3.53. The van der Waals surface area contributed by atoms with E-state index >= 15 is 0 Å². The van der Waals surface area contributed by atoms with Crippen LogP contribution in [-0.2, 0) is 0 Å². The fourth-order valence-electron chi connectivity index (χ4n) is 3.15. The SMILES string of the molecule is CCN(CC)CCNc1cc(C)nc(/N=C(\N)Nc2ccc3cc(Br)ccc3c2)n1. The minimum absolute atomic E-state index is 0.242. The van der Waals surface area contributed by atoms with Crippen LogP contribution in [0.3, 0.4) is 0 Å². The van der Waals surface area contributed by atoms with Gasteiger partial charge in [0, 0.05) is 35.0 Å². The first-order valence-corrected chi connectivity index (χ1v) is 10.9. The molecule has 0 bridgehead atoms. The van der Waals surface area contributed by atoms with Crippen molar-refractivity contribution < 1.29 is 0 Å². The molecule has 0 atom stereocenters. The molecule has 158 valence electrons. The summed E-state index contributed by atoms with van der Waals surface area (Å²) >= 11 is 3.49. The zero-order valence-corrected chi connectivity index (χ0v) is 19.2. The maximum atomic E-state index is 6.11. The van der Waals surface area contributed by atoms with Crippen molar-refractivity contribution in [3.05, 3.63) is 52.6 Å². The molecule has 0 amide bonds. The predicted molar refractivity (Wildman–Crippen MR) is 130 cm³/mol.